The molecule has 0 bridgehead atoms. The standard InChI is InChI=1S/C15H21N3O3/c1-3-14-16-15(21-17-14)10-18(2)9-12(19)11-20-13-7-5-4-6-8-13/h4-8,12,19H,3,9-11H2,1-2H3. The summed E-state index contributed by atoms with van der Waals surface area (Å²) in [6.07, 6.45) is 0.171. The Morgan fingerprint density at radius 3 is 2.76 bits per heavy atom. The van der Waals surface area contributed by atoms with Crippen LogP contribution in [0.25, 0.3) is 0 Å². The molecule has 1 atom stereocenters. The second-order valence-electron chi connectivity index (χ2n) is 4.93. The molecule has 1 N–H and O–H groups in total. The Kier molecular flexibility index (Phi) is 5.71. The molecule has 6 nitrogen and oxygen atoms in total. The molecule has 1 heterocycles. The van der Waals surface area contributed by atoms with E-state index in [0.717, 1.165) is 12.2 Å². The number of rotatable bonds is 8. The number of aliphatic hydroxyl groups excluding tert-OH is 1. The smallest absolute Gasteiger partial charge is 0.240 e. The van der Waals surface area contributed by atoms with Gasteiger partial charge in [0.25, 0.3) is 0 Å². The van der Waals surface area contributed by atoms with Crippen LogP contribution in [-0.4, -0.2) is 46.5 Å². The van der Waals surface area contributed by atoms with Crippen LogP contribution in [0.5, 0.6) is 5.75 Å². The molecule has 0 aliphatic carbocycles. The lowest BCUT2D eigenvalue weighted by Crippen LogP contribution is -2.32. The first-order chi connectivity index (χ1) is 10.2. The Morgan fingerprint density at radius 2 is 2.10 bits per heavy atom. The Morgan fingerprint density at radius 1 is 1.33 bits per heavy atom. The second kappa shape index (κ2) is 7.75. The van der Waals surface area contributed by atoms with E-state index in [1.54, 1.807) is 0 Å². The zero-order chi connectivity index (χ0) is 15.1. The van der Waals surface area contributed by atoms with Gasteiger partial charge in [0, 0.05) is 13.0 Å². The molecular weight excluding hydrogens is 270 g/mol. The Labute approximate surface area is 124 Å². The highest BCUT2D eigenvalue weighted by Gasteiger charge is 2.13. The molecule has 6 heteroatoms. The van der Waals surface area contributed by atoms with Crippen LogP contribution in [0.2, 0.25) is 0 Å². The van der Waals surface area contributed by atoms with E-state index in [0.29, 0.717) is 24.8 Å². The van der Waals surface area contributed by atoms with Crippen molar-refractivity contribution < 1.29 is 14.4 Å². The molecule has 114 valence electrons. The zero-order valence-corrected chi connectivity index (χ0v) is 12.4. The monoisotopic (exact) mass is 291 g/mol. The van der Waals surface area contributed by atoms with Crippen molar-refractivity contribution in [2.75, 3.05) is 20.2 Å². The van der Waals surface area contributed by atoms with Gasteiger partial charge < -0.3 is 14.4 Å². The SMILES string of the molecule is CCc1noc(CN(C)CC(O)COc2ccccc2)n1. The van der Waals surface area contributed by atoms with E-state index in [9.17, 15) is 5.11 Å². The first kappa shape index (κ1) is 15.5. The first-order valence-electron chi connectivity index (χ1n) is 7.03. The summed E-state index contributed by atoms with van der Waals surface area (Å²) in [4.78, 5) is 6.16. The van der Waals surface area contributed by atoms with E-state index in [-0.39, 0.29) is 6.61 Å². The van der Waals surface area contributed by atoms with Gasteiger partial charge in [0.05, 0.1) is 6.54 Å². The van der Waals surface area contributed by atoms with Crippen molar-refractivity contribution >= 4 is 0 Å². The molecule has 0 saturated carbocycles. The lowest BCUT2D eigenvalue weighted by molar-refractivity contribution is 0.0714. The average Bonchev–Trinajstić information content (AvgIpc) is 2.93. The molecular formula is C15H21N3O3. The van der Waals surface area contributed by atoms with Gasteiger partial charge in [-0.1, -0.05) is 30.3 Å². The quantitative estimate of drug-likeness (QED) is 0.795. The molecule has 0 aliphatic rings. The number of hydrogen-bond acceptors (Lipinski definition) is 6. The molecule has 0 spiro atoms. The minimum absolute atomic E-state index is 0.248. The number of hydrogen-bond donors (Lipinski definition) is 1. The third-order valence-electron chi connectivity index (χ3n) is 2.94. The summed E-state index contributed by atoms with van der Waals surface area (Å²) in [6.45, 7) is 3.20. The maximum absolute atomic E-state index is 9.98. The lowest BCUT2D eigenvalue weighted by Gasteiger charge is -2.19. The van der Waals surface area contributed by atoms with E-state index in [1.165, 1.54) is 0 Å². The van der Waals surface area contributed by atoms with Crippen LogP contribution in [0.3, 0.4) is 0 Å². The highest BCUT2D eigenvalue weighted by Crippen LogP contribution is 2.09. The largest absolute Gasteiger partial charge is 0.491 e. The van der Waals surface area contributed by atoms with E-state index in [4.69, 9.17) is 9.26 Å². The van der Waals surface area contributed by atoms with Crippen molar-refractivity contribution in [3.8, 4) is 5.75 Å². The van der Waals surface area contributed by atoms with Crippen LogP contribution in [-0.2, 0) is 13.0 Å². The topological polar surface area (TPSA) is 71.6 Å². The van der Waals surface area contributed by atoms with Crippen LogP contribution in [0.4, 0.5) is 0 Å². The Hall–Kier alpha value is -1.92. The zero-order valence-electron chi connectivity index (χ0n) is 12.4. The number of benzene rings is 1. The lowest BCUT2D eigenvalue weighted by atomic mass is 10.3. The summed E-state index contributed by atoms with van der Waals surface area (Å²) in [5.74, 6) is 2.01. The predicted octanol–water partition coefficient (Wildman–Crippen LogP) is 1.50. The van der Waals surface area contributed by atoms with Crippen molar-refractivity contribution in [1.82, 2.24) is 15.0 Å². The highest BCUT2D eigenvalue weighted by atomic mass is 16.5. The van der Waals surface area contributed by atoms with Gasteiger partial charge in [0.1, 0.15) is 18.5 Å². The maximum atomic E-state index is 9.98. The maximum Gasteiger partial charge on any atom is 0.240 e. The van der Waals surface area contributed by atoms with Crippen LogP contribution >= 0.6 is 0 Å². The third-order valence-corrected chi connectivity index (χ3v) is 2.94. The summed E-state index contributed by atoms with van der Waals surface area (Å²) in [6, 6.07) is 9.44. The fourth-order valence-corrected chi connectivity index (χ4v) is 1.92. The number of aromatic nitrogens is 2. The van der Waals surface area contributed by atoms with Gasteiger partial charge in [-0.2, -0.15) is 4.98 Å². The number of likely N-dealkylation sites (N-methyl/N-ethyl adjacent to an activating group) is 1. The van der Waals surface area contributed by atoms with Crippen LogP contribution in [0, 0.1) is 0 Å². The van der Waals surface area contributed by atoms with Crippen LogP contribution in [0.1, 0.15) is 18.6 Å². The van der Waals surface area contributed by atoms with Gasteiger partial charge in [-0.3, -0.25) is 4.90 Å². The second-order valence-corrected chi connectivity index (χ2v) is 4.93. The van der Waals surface area contributed by atoms with Crippen LogP contribution in [0.15, 0.2) is 34.9 Å². The van der Waals surface area contributed by atoms with Gasteiger partial charge >= 0.3 is 0 Å². The molecule has 0 saturated heterocycles. The molecule has 0 radical (unpaired) electrons. The normalized spacial score (nSPS) is 12.6. The third kappa shape index (κ3) is 5.17. The fourth-order valence-electron chi connectivity index (χ4n) is 1.92. The van der Waals surface area contributed by atoms with E-state index in [1.807, 2.05) is 49.2 Å². The molecule has 1 unspecified atom stereocenters. The van der Waals surface area contributed by atoms with Crippen molar-refractivity contribution in [2.45, 2.75) is 26.0 Å². The summed E-state index contributed by atoms with van der Waals surface area (Å²) < 4.78 is 10.6. The summed E-state index contributed by atoms with van der Waals surface area (Å²) in [7, 11) is 1.89. The number of aliphatic hydroxyl groups is 1. The number of ether oxygens (including phenoxy) is 1. The van der Waals surface area contributed by atoms with Gasteiger partial charge in [-0.15, -0.1) is 0 Å². The van der Waals surface area contributed by atoms with E-state index >= 15 is 0 Å². The molecule has 1 aromatic heterocycles. The first-order valence-corrected chi connectivity index (χ1v) is 7.03. The number of para-hydroxylation sites is 1. The molecule has 2 aromatic rings. The van der Waals surface area contributed by atoms with E-state index < -0.39 is 6.10 Å². The minimum atomic E-state index is -0.580. The molecule has 0 aliphatic heterocycles. The van der Waals surface area contributed by atoms with E-state index in [2.05, 4.69) is 10.1 Å². The number of aryl methyl sites for hydroxylation is 1. The molecule has 1 aromatic carbocycles. The molecule has 21 heavy (non-hydrogen) atoms. The van der Waals surface area contributed by atoms with Crippen molar-refractivity contribution in [2.24, 2.45) is 0 Å². The number of nitrogens with zero attached hydrogens (tertiary/aromatic N) is 3. The molecule has 0 fully saturated rings. The molecule has 2 rings (SSSR count). The van der Waals surface area contributed by atoms with Gasteiger partial charge in [-0.05, 0) is 19.2 Å². The summed E-state index contributed by atoms with van der Waals surface area (Å²) >= 11 is 0. The fraction of sp³-hybridized carbons (Fsp3) is 0.467. The predicted molar refractivity (Wildman–Crippen MR) is 78.0 cm³/mol. The summed E-state index contributed by atoms with van der Waals surface area (Å²) in [5, 5.41) is 13.8. The van der Waals surface area contributed by atoms with Gasteiger partial charge in [-0.25, -0.2) is 0 Å². The molecule has 0 amide bonds. The average molecular weight is 291 g/mol. The minimum Gasteiger partial charge on any atom is -0.491 e. The summed E-state index contributed by atoms with van der Waals surface area (Å²) in [5.41, 5.74) is 0. The van der Waals surface area contributed by atoms with Gasteiger partial charge in [0.2, 0.25) is 5.89 Å². The Balaban J connectivity index is 1.72. The van der Waals surface area contributed by atoms with Crippen molar-refractivity contribution in [3.63, 3.8) is 0 Å². The van der Waals surface area contributed by atoms with Crippen LogP contribution < -0.4 is 4.74 Å². The Bertz CT molecular complexity index is 530. The highest BCUT2D eigenvalue weighted by molar-refractivity contribution is 5.20. The van der Waals surface area contributed by atoms with Gasteiger partial charge in [0.15, 0.2) is 5.82 Å². The van der Waals surface area contributed by atoms with Crippen molar-refractivity contribution in [3.05, 3.63) is 42.0 Å². The van der Waals surface area contributed by atoms with Crippen molar-refractivity contribution in [1.29, 1.82) is 0 Å².